The van der Waals surface area contributed by atoms with Crippen LogP contribution in [0.5, 0.6) is 0 Å². The van der Waals surface area contributed by atoms with Crippen molar-refractivity contribution in [3.8, 4) is 0 Å². The fourth-order valence-electron chi connectivity index (χ4n) is 2.14. The molecule has 1 aromatic heterocycles. The van der Waals surface area contributed by atoms with Crippen molar-refractivity contribution < 1.29 is 8.42 Å². The third-order valence-corrected chi connectivity index (χ3v) is 4.94. The zero-order chi connectivity index (χ0) is 12.3. The van der Waals surface area contributed by atoms with E-state index in [2.05, 4.69) is 15.3 Å². The molecule has 18 heavy (non-hydrogen) atoms. The molecule has 0 unspecified atom stereocenters. The third kappa shape index (κ3) is 3.63. The highest BCUT2D eigenvalue weighted by molar-refractivity contribution is 7.91. The van der Waals surface area contributed by atoms with Gasteiger partial charge < -0.3 is 5.32 Å². The molecule has 1 saturated heterocycles. The van der Waals surface area contributed by atoms with Crippen LogP contribution >= 0.6 is 12.4 Å². The van der Waals surface area contributed by atoms with Gasteiger partial charge in [0.15, 0.2) is 14.9 Å². The molecule has 1 aliphatic rings. The Morgan fingerprint density at radius 3 is 2.50 bits per heavy atom. The van der Waals surface area contributed by atoms with Crippen molar-refractivity contribution >= 4 is 22.2 Å². The van der Waals surface area contributed by atoms with Crippen LogP contribution in [0.25, 0.3) is 0 Å². The van der Waals surface area contributed by atoms with Crippen LogP contribution in [0.4, 0.5) is 0 Å². The minimum atomic E-state index is -3.29. The van der Waals surface area contributed by atoms with E-state index in [1.54, 1.807) is 6.92 Å². The van der Waals surface area contributed by atoms with E-state index in [1.807, 2.05) is 0 Å². The summed E-state index contributed by atoms with van der Waals surface area (Å²) in [6.45, 7) is 3.49. The summed E-state index contributed by atoms with van der Waals surface area (Å²) in [6, 6.07) is 0. The second-order valence-corrected chi connectivity index (χ2v) is 6.37. The zero-order valence-corrected chi connectivity index (χ0v) is 11.9. The summed E-state index contributed by atoms with van der Waals surface area (Å²) < 4.78 is 24.4. The Labute approximate surface area is 114 Å². The van der Waals surface area contributed by atoms with E-state index >= 15 is 0 Å². The lowest BCUT2D eigenvalue weighted by Crippen LogP contribution is -2.31. The average Bonchev–Trinajstić information content (AvgIpc) is 2.30. The fourth-order valence-corrected chi connectivity index (χ4v) is 3.97. The summed E-state index contributed by atoms with van der Waals surface area (Å²) >= 11 is 0. The zero-order valence-electron chi connectivity index (χ0n) is 10.3. The predicted molar refractivity (Wildman–Crippen MR) is 71.7 cm³/mol. The van der Waals surface area contributed by atoms with Gasteiger partial charge >= 0.3 is 0 Å². The first-order chi connectivity index (χ1) is 8.09. The van der Waals surface area contributed by atoms with Gasteiger partial charge in [-0.05, 0) is 38.8 Å². The maximum absolute atomic E-state index is 12.2. The number of halogens is 1. The largest absolute Gasteiger partial charge is 0.317 e. The highest BCUT2D eigenvalue weighted by Gasteiger charge is 2.25. The number of nitrogens with zero attached hydrogens (tertiary/aromatic N) is 2. The standard InChI is InChI=1S/C11H17N3O2S.ClH/c1-9-11(14-7-6-13-9)17(15,16)8-10-2-4-12-5-3-10;/h6-7,10,12H,2-5,8H2,1H3;1H. The minimum Gasteiger partial charge on any atom is -0.317 e. The number of nitrogens with one attached hydrogen (secondary N) is 1. The van der Waals surface area contributed by atoms with Crippen molar-refractivity contribution in [1.29, 1.82) is 0 Å². The van der Waals surface area contributed by atoms with Crippen molar-refractivity contribution in [2.75, 3.05) is 18.8 Å². The maximum atomic E-state index is 12.2. The van der Waals surface area contributed by atoms with Crippen LogP contribution < -0.4 is 5.32 Å². The molecule has 0 aliphatic carbocycles. The molecule has 7 heteroatoms. The molecule has 2 heterocycles. The molecule has 0 atom stereocenters. The Balaban J connectivity index is 0.00000162. The summed E-state index contributed by atoms with van der Waals surface area (Å²) in [5, 5.41) is 3.37. The number of aryl methyl sites for hydroxylation is 1. The molecule has 1 aromatic rings. The molecule has 0 amide bonds. The summed E-state index contributed by atoms with van der Waals surface area (Å²) in [7, 11) is -3.29. The molecule has 1 aliphatic heterocycles. The van der Waals surface area contributed by atoms with Crippen molar-refractivity contribution in [3.05, 3.63) is 18.1 Å². The van der Waals surface area contributed by atoms with Crippen LogP contribution in [0.3, 0.4) is 0 Å². The number of sulfone groups is 1. The quantitative estimate of drug-likeness (QED) is 0.899. The molecule has 102 valence electrons. The van der Waals surface area contributed by atoms with Crippen LogP contribution in [0.2, 0.25) is 0 Å². The first-order valence-corrected chi connectivity index (χ1v) is 7.46. The smallest absolute Gasteiger partial charge is 0.197 e. The minimum absolute atomic E-state index is 0. The third-order valence-electron chi connectivity index (χ3n) is 3.04. The van der Waals surface area contributed by atoms with Crippen molar-refractivity contribution in [2.24, 2.45) is 5.92 Å². The van der Waals surface area contributed by atoms with E-state index in [9.17, 15) is 8.42 Å². The fraction of sp³-hybridized carbons (Fsp3) is 0.636. The molecule has 0 aromatic carbocycles. The Kier molecular flexibility index (Phi) is 5.49. The molecule has 5 nitrogen and oxygen atoms in total. The van der Waals surface area contributed by atoms with Crippen molar-refractivity contribution in [2.45, 2.75) is 24.8 Å². The van der Waals surface area contributed by atoms with Gasteiger partial charge in [0.05, 0.1) is 11.4 Å². The first-order valence-electron chi connectivity index (χ1n) is 5.80. The lowest BCUT2D eigenvalue weighted by molar-refractivity contribution is 0.401. The number of hydrogen-bond acceptors (Lipinski definition) is 5. The van der Waals surface area contributed by atoms with Gasteiger partial charge in [-0.15, -0.1) is 12.4 Å². The van der Waals surface area contributed by atoms with Gasteiger partial charge in [0.1, 0.15) is 0 Å². The van der Waals surface area contributed by atoms with Gasteiger partial charge in [0.2, 0.25) is 0 Å². The van der Waals surface area contributed by atoms with Gasteiger partial charge in [-0.25, -0.2) is 13.4 Å². The van der Waals surface area contributed by atoms with Gasteiger partial charge in [0.25, 0.3) is 0 Å². The van der Waals surface area contributed by atoms with E-state index in [0.717, 1.165) is 25.9 Å². The molecule has 2 rings (SSSR count). The van der Waals surface area contributed by atoms with Gasteiger partial charge in [-0.3, -0.25) is 4.98 Å². The topological polar surface area (TPSA) is 72.0 Å². The van der Waals surface area contributed by atoms with Gasteiger partial charge in [0, 0.05) is 12.4 Å². The van der Waals surface area contributed by atoms with E-state index < -0.39 is 9.84 Å². The molecule has 0 saturated carbocycles. The number of hydrogen-bond donors (Lipinski definition) is 1. The lowest BCUT2D eigenvalue weighted by atomic mass is 10.0. The van der Waals surface area contributed by atoms with E-state index in [4.69, 9.17) is 0 Å². The highest BCUT2D eigenvalue weighted by atomic mass is 35.5. The predicted octanol–water partition coefficient (Wildman–Crippen LogP) is 0.980. The highest BCUT2D eigenvalue weighted by Crippen LogP contribution is 2.19. The van der Waals surface area contributed by atoms with Crippen LogP contribution in [0.15, 0.2) is 17.4 Å². The molecular formula is C11H18ClN3O2S. The second kappa shape index (κ2) is 6.45. The van der Waals surface area contributed by atoms with Crippen LogP contribution in [0, 0.1) is 12.8 Å². The van der Waals surface area contributed by atoms with Crippen molar-refractivity contribution in [1.82, 2.24) is 15.3 Å². The monoisotopic (exact) mass is 291 g/mol. The van der Waals surface area contributed by atoms with Gasteiger partial charge in [-0.2, -0.15) is 0 Å². The van der Waals surface area contributed by atoms with E-state index in [-0.39, 0.29) is 29.1 Å². The summed E-state index contributed by atoms with van der Waals surface area (Å²) in [4.78, 5) is 7.93. The Hall–Kier alpha value is -0.720. The Morgan fingerprint density at radius 2 is 1.89 bits per heavy atom. The molecule has 1 N–H and O–H groups in total. The maximum Gasteiger partial charge on any atom is 0.197 e. The second-order valence-electron chi connectivity index (χ2n) is 4.42. The van der Waals surface area contributed by atoms with E-state index in [0.29, 0.717) is 5.69 Å². The van der Waals surface area contributed by atoms with E-state index in [1.165, 1.54) is 12.4 Å². The van der Waals surface area contributed by atoms with Gasteiger partial charge in [-0.1, -0.05) is 0 Å². The molecular weight excluding hydrogens is 274 g/mol. The Morgan fingerprint density at radius 1 is 1.28 bits per heavy atom. The van der Waals surface area contributed by atoms with Crippen LogP contribution in [-0.4, -0.2) is 37.2 Å². The number of aromatic nitrogens is 2. The van der Waals surface area contributed by atoms with Crippen LogP contribution in [0.1, 0.15) is 18.5 Å². The molecule has 0 spiro atoms. The summed E-state index contributed by atoms with van der Waals surface area (Å²) in [6.07, 6.45) is 4.78. The molecule has 0 radical (unpaired) electrons. The summed E-state index contributed by atoms with van der Waals surface area (Å²) in [5.41, 5.74) is 0.487. The first kappa shape index (κ1) is 15.3. The molecule has 0 bridgehead atoms. The van der Waals surface area contributed by atoms with Crippen molar-refractivity contribution in [3.63, 3.8) is 0 Å². The lowest BCUT2D eigenvalue weighted by Gasteiger charge is -2.22. The molecule has 1 fully saturated rings. The average molecular weight is 292 g/mol. The number of piperidine rings is 1. The Bertz CT molecular complexity index is 487. The normalized spacial score (nSPS) is 17.2. The summed E-state index contributed by atoms with van der Waals surface area (Å²) in [5.74, 6) is 0.427. The van der Waals surface area contributed by atoms with Crippen LogP contribution in [-0.2, 0) is 9.84 Å². The number of rotatable bonds is 3. The SMILES string of the molecule is Cc1nccnc1S(=O)(=O)CC1CCNCC1.Cl.